The second-order valence-corrected chi connectivity index (χ2v) is 10.6. The lowest BCUT2D eigenvalue weighted by molar-refractivity contribution is -0.203. The highest BCUT2D eigenvalue weighted by Crippen LogP contribution is 2.38. The number of hydrogen-bond acceptors (Lipinski definition) is 7. The third-order valence-electron chi connectivity index (χ3n) is 6.06. The minimum absolute atomic E-state index is 0.00923. The van der Waals surface area contributed by atoms with E-state index < -0.39 is 24.2 Å². The summed E-state index contributed by atoms with van der Waals surface area (Å²) in [5.74, 6) is -3.14. The molecule has 206 valence electrons. The van der Waals surface area contributed by atoms with Gasteiger partial charge in [-0.25, -0.2) is 14.6 Å². The maximum absolute atomic E-state index is 12.4. The van der Waals surface area contributed by atoms with E-state index in [9.17, 15) is 22.8 Å². The number of thiazole rings is 1. The van der Waals surface area contributed by atoms with Crippen molar-refractivity contribution in [2.45, 2.75) is 51.9 Å². The van der Waals surface area contributed by atoms with Gasteiger partial charge in [-0.15, -0.1) is 11.3 Å². The Labute approximate surface area is 233 Å². The minimum atomic E-state index is -5.22. The van der Waals surface area contributed by atoms with Gasteiger partial charge in [-0.2, -0.15) is 13.2 Å². The third kappa shape index (κ3) is 6.62. The lowest BCUT2D eigenvalue weighted by atomic mass is 9.95. The molecule has 11 heteroatoms. The predicted octanol–water partition coefficient (Wildman–Crippen LogP) is 6.85. The van der Waals surface area contributed by atoms with Crippen LogP contribution in [0.4, 0.5) is 13.2 Å². The van der Waals surface area contributed by atoms with Crippen molar-refractivity contribution in [2.24, 2.45) is 0 Å². The molecule has 0 saturated heterocycles. The van der Waals surface area contributed by atoms with Gasteiger partial charge in [0.25, 0.3) is 0 Å². The van der Waals surface area contributed by atoms with Gasteiger partial charge < -0.3 is 14.4 Å². The van der Waals surface area contributed by atoms with Gasteiger partial charge in [0.1, 0.15) is 16.8 Å². The zero-order valence-electron chi connectivity index (χ0n) is 21.4. The number of benzene rings is 2. The van der Waals surface area contributed by atoms with Crippen molar-refractivity contribution in [1.29, 1.82) is 0 Å². The number of rotatable bonds is 9. The van der Waals surface area contributed by atoms with Gasteiger partial charge >= 0.3 is 18.1 Å². The standard InChI is InChI=1S/C28H26ClF3N2O4S/c1-4-19-17(10-12-34-13-11-22(34)26(35)38-27(36)28(30,31)32)6-5-7-20(19)24-15-33-25(39-24)18-8-9-23(21(29)14-18)37-16(2)3/h5-9,11,13-16,22H,4,10,12H2,1-3H3. The number of esters is 2. The van der Waals surface area contributed by atoms with Crippen LogP contribution in [0.1, 0.15) is 31.9 Å². The van der Waals surface area contributed by atoms with Gasteiger partial charge in [-0.3, -0.25) is 0 Å². The molecular formula is C28H26ClF3N2O4S. The van der Waals surface area contributed by atoms with E-state index in [1.54, 1.807) is 22.4 Å². The van der Waals surface area contributed by atoms with E-state index in [0.29, 0.717) is 23.7 Å². The van der Waals surface area contributed by atoms with E-state index in [0.717, 1.165) is 38.6 Å². The van der Waals surface area contributed by atoms with Crippen molar-refractivity contribution in [3.63, 3.8) is 0 Å². The molecule has 1 unspecified atom stereocenters. The summed E-state index contributed by atoms with van der Waals surface area (Å²) < 4.78 is 47.0. The first-order valence-electron chi connectivity index (χ1n) is 12.3. The largest absolute Gasteiger partial charge is 0.491 e. The quantitative estimate of drug-likeness (QED) is 0.204. The van der Waals surface area contributed by atoms with E-state index in [1.165, 1.54) is 6.08 Å². The Morgan fingerprint density at radius 3 is 2.59 bits per heavy atom. The summed E-state index contributed by atoms with van der Waals surface area (Å²) in [7, 11) is 0. The summed E-state index contributed by atoms with van der Waals surface area (Å²) >= 11 is 7.96. The highest BCUT2D eigenvalue weighted by atomic mass is 35.5. The van der Waals surface area contributed by atoms with Crippen LogP contribution in [0.15, 0.2) is 54.9 Å². The molecule has 1 aromatic heterocycles. The molecule has 0 radical (unpaired) electrons. The number of halogens is 4. The molecule has 4 rings (SSSR count). The maximum atomic E-state index is 12.4. The van der Waals surface area contributed by atoms with Crippen LogP contribution < -0.4 is 4.74 Å². The number of carbonyl (C=O) groups excluding carboxylic acids is 2. The second kappa shape index (κ2) is 11.8. The molecule has 0 saturated carbocycles. The van der Waals surface area contributed by atoms with E-state index in [-0.39, 0.29) is 6.10 Å². The van der Waals surface area contributed by atoms with E-state index in [1.807, 2.05) is 63.4 Å². The Kier molecular flexibility index (Phi) is 8.66. The van der Waals surface area contributed by atoms with Crippen LogP contribution in [-0.2, 0) is 27.2 Å². The Morgan fingerprint density at radius 2 is 1.97 bits per heavy atom. The Balaban J connectivity index is 1.47. The Hall–Kier alpha value is -3.37. The highest BCUT2D eigenvalue weighted by molar-refractivity contribution is 7.18. The number of ether oxygens (including phenoxy) is 2. The summed E-state index contributed by atoms with van der Waals surface area (Å²) in [5.41, 5.74) is 4.08. The van der Waals surface area contributed by atoms with Crippen LogP contribution in [-0.4, -0.2) is 46.7 Å². The first-order chi connectivity index (χ1) is 18.5. The molecule has 1 atom stereocenters. The Morgan fingerprint density at radius 1 is 1.21 bits per heavy atom. The molecule has 0 amide bonds. The molecular weight excluding hydrogens is 553 g/mol. The van der Waals surface area contributed by atoms with Gasteiger partial charge in [-0.1, -0.05) is 36.7 Å². The lowest BCUT2D eigenvalue weighted by Crippen LogP contribution is -2.46. The second-order valence-electron chi connectivity index (χ2n) is 9.12. The van der Waals surface area contributed by atoms with Crippen molar-refractivity contribution < 1.29 is 32.2 Å². The van der Waals surface area contributed by atoms with E-state index in [2.05, 4.69) is 9.72 Å². The molecule has 0 bridgehead atoms. The molecule has 1 aliphatic heterocycles. The van der Waals surface area contributed by atoms with Crippen molar-refractivity contribution in [3.8, 4) is 26.8 Å². The fourth-order valence-electron chi connectivity index (χ4n) is 4.21. The van der Waals surface area contributed by atoms with Crippen molar-refractivity contribution in [2.75, 3.05) is 6.54 Å². The SMILES string of the molecule is CCc1c(CCN2C=CC2C(=O)OC(=O)C(F)(F)F)cccc1-c1cnc(-c2ccc(OC(C)C)c(Cl)c2)s1. The molecule has 0 spiro atoms. The molecule has 6 nitrogen and oxygen atoms in total. The van der Waals surface area contributed by atoms with Gasteiger partial charge in [0.05, 0.1) is 16.0 Å². The van der Waals surface area contributed by atoms with Crippen molar-refractivity contribution in [1.82, 2.24) is 9.88 Å². The molecule has 0 N–H and O–H groups in total. The van der Waals surface area contributed by atoms with Crippen LogP contribution in [0, 0.1) is 0 Å². The van der Waals surface area contributed by atoms with Crippen LogP contribution in [0.5, 0.6) is 5.75 Å². The number of hydrogen-bond donors (Lipinski definition) is 0. The molecule has 0 aliphatic carbocycles. The van der Waals surface area contributed by atoms with Gasteiger partial charge in [0.2, 0.25) is 0 Å². The molecule has 39 heavy (non-hydrogen) atoms. The molecule has 2 aromatic carbocycles. The fraction of sp³-hybridized carbons (Fsp3) is 0.321. The Bertz CT molecular complexity index is 1400. The fourth-order valence-corrected chi connectivity index (χ4v) is 5.40. The average Bonchev–Trinajstić information content (AvgIpc) is 3.33. The number of nitrogens with zero attached hydrogens (tertiary/aromatic N) is 2. The zero-order chi connectivity index (χ0) is 28.3. The highest BCUT2D eigenvalue weighted by Gasteiger charge is 2.44. The topological polar surface area (TPSA) is 68.7 Å². The third-order valence-corrected chi connectivity index (χ3v) is 7.44. The summed E-state index contributed by atoms with van der Waals surface area (Å²) in [6, 6.07) is 10.5. The smallest absolute Gasteiger partial charge is 0.489 e. The molecule has 2 heterocycles. The first kappa shape index (κ1) is 28.6. The normalized spacial score (nSPS) is 14.9. The molecule has 0 fully saturated rings. The average molecular weight is 579 g/mol. The monoisotopic (exact) mass is 578 g/mol. The summed E-state index contributed by atoms with van der Waals surface area (Å²) in [4.78, 5) is 30.2. The number of alkyl halides is 3. The molecule has 1 aliphatic rings. The number of carbonyl (C=O) groups is 2. The zero-order valence-corrected chi connectivity index (χ0v) is 23.0. The van der Waals surface area contributed by atoms with E-state index >= 15 is 0 Å². The first-order valence-corrected chi connectivity index (χ1v) is 13.5. The van der Waals surface area contributed by atoms with Gasteiger partial charge in [-0.05, 0) is 73.9 Å². The van der Waals surface area contributed by atoms with Crippen molar-refractivity contribution >= 4 is 34.9 Å². The van der Waals surface area contributed by atoms with E-state index in [4.69, 9.17) is 16.3 Å². The van der Waals surface area contributed by atoms with Crippen LogP contribution in [0.25, 0.3) is 21.0 Å². The van der Waals surface area contributed by atoms with Gasteiger partial charge in [0, 0.05) is 18.3 Å². The summed E-state index contributed by atoms with van der Waals surface area (Å²) in [6.45, 7) is 6.28. The summed E-state index contributed by atoms with van der Waals surface area (Å²) in [6.07, 6.45) is 0.887. The number of aromatic nitrogens is 1. The van der Waals surface area contributed by atoms with Gasteiger partial charge in [0.15, 0.2) is 0 Å². The minimum Gasteiger partial charge on any atom is -0.489 e. The van der Waals surface area contributed by atoms with Crippen LogP contribution in [0.3, 0.4) is 0 Å². The van der Waals surface area contributed by atoms with Crippen LogP contribution in [0.2, 0.25) is 5.02 Å². The lowest BCUT2D eigenvalue weighted by Gasteiger charge is -2.33. The van der Waals surface area contributed by atoms with Crippen molar-refractivity contribution in [3.05, 3.63) is 71.0 Å². The molecule has 3 aromatic rings. The predicted molar refractivity (Wildman–Crippen MR) is 144 cm³/mol. The van der Waals surface area contributed by atoms with Crippen LogP contribution >= 0.6 is 22.9 Å². The summed E-state index contributed by atoms with van der Waals surface area (Å²) in [5, 5.41) is 1.33. The maximum Gasteiger partial charge on any atom is 0.491 e.